The van der Waals surface area contributed by atoms with Gasteiger partial charge >= 0.3 is 5.97 Å². The number of carboxylic acids is 1. The van der Waals surface area contributed by atoms with Crippen molar-refractivity contribution in [2.75, 3.05) is 20.3 Å². The number of methoxy groups -OCH3 is 1. The first kappa shape index (κ1) is 31.4. The van der Waals surface area contributed by atoms with Gasteiger partial charge in [-0.1, -0.05) is 54.4 Å². The molecule has 0 saturated carbocycles. The van der Waals surface area contributed by atoms with Crippen molar-refractivity contribution in [2.24, 2.45) is 5.92 Å². The Kier molecular flexibility index (Phi) is 9.16. The van der Waals surface area contributed by atoms with Crippen LogP contribution in [0, 0.1) is 11.7 Å². The molecule has 0 bridgehead atoms. The number of nitrogens with zero attached hydrogens (tertiary/aromatic N) is 1. The van der Waals surface area contributed by atoms with Crippen LogP contribution < -0.4 is 0 Å². The van der Waals surface area contributed by atoms with E-state index in [4.69, 9.17) is 32.7 Å². The molecule has 2 N–H and O–H groups in total. The molecule has 3 aromatic rings. The second-order valence-corrected chi connectivity index (χ2v) is 11.9. The number of fused-ring (bicyclic) bond motifs is 1. The molecule has 2 heterocycles. The summed E-state index contributed by atoms with van der Waals surface area (Å²) in [4.78, 5) is 27.8. The number of carboxylic acid groups (broad SMARTS) is 1. The lowest BCUT2D eigenvalue weighted by atomic mass is 9.74. The van der Waals surface area contributed by atoms with Gasteiger partial charge in [0.1, 0.15) is 5.82 Å². The highest BCUT2D eigenvalue weighted by atomic mass is 35.5. The summed E-state index contributed by atoms with van der Waals surface area (Å²) in [6.07, 6.45) is 1.27. The third kappa shape index (κ3) is 5.56. The Labute approximate surface area is 260 Å². The molecule has 1 saturated heterocycles. The minimum Gasteiger partial charge on any atom is -0.481 e. The zero-order valence-electron chi connectivity index (χ0n) is 24.0. The molecule has 43 heavy (non-hydrogen) atoms. The molecule has 0 aromatic heterocycles. The molecule has 5 rings (SSSR count). The van der Waals surface area contributed by atoms with Crippen LogP contribution in [-0.4, -0.2) is 47.3 Å². The number of aliphatic hydroxyl groups is 1. The summed E-state index contributed by atoms with van der Waals surface area (Å²) in [5, 5.41) is 22.5. The number of ether oxygens (including phenoxy) is 2. The molecular formula is C33H34Cl2FNO6. The van der Waals surface area contributed by atoms with Gasteiger partial charge in [-0.05, 0) is 79.1 Å². The number of carbonyl (C=O) groups excluding carboxylic acids is 1. The van der Waals surface area contributed by atoms with Gasteiger partial charge in [0.2, 0.25) is 0 Å². The van der Waals surface area contributed by atoms with E-state index in [1.165, 1.54) is 18.1 Å². The van der Waals surface area contributed by atoms with Crippen LogP contribution in [0.2, 0.25) is 10.0 Å². The molecule has 2 aliphatic rings. The Bertz CT molecular complexity index is 1490. The predicted octanol–water partition coefficient (Wildman–Crippen LogP) is 7.07. The van der Waals surface area contributed by atoms with Crippen molar-refractivity contribution in [1.82, 2.24) is 4.90 Å². The number of aliphatic carboxylic acids is 1. The Morgan fingerprint density at radius 3 is 2.28 bits per heavy atom. The van der Waals surface area contributed by atoms with Gasteiger partial charge in [-0.25, -0.2) is 4.39 Å². The minimum atomic E-state index is -1.77. The molecule has 10 heteroatoms. The smallest absolute Gasteiger partial charge is 0.303 e. The van der Waals surface area contributed by atoms with Gasteiger partial charge in [0.05, 0.1) is 22.8 Å². The maximum atomic E-state index is 16.7. The van der Waals surface area contributed by atoms with E-state index in [9.17, 15) is 19.8 Å². The average molecular weight is 631 g/mol. The first-order chi connectivity index (χ1) is 20.6. The van der Waals surface area contributed by atoms with Gasteiger partial charge in [-0.2, -0.15) is 0 Å². The fourth-order valence-corrected chi connectivity index (χ4v) is 6.95. The third-order valence-electron chi connectivity index (χ3n) is 8.88. The number of amides is 1. The second-order valence-electron chi connectivity index (χ2n) is 11.1. The van der Waals surface area contributed by atoms with Crippen molar-refractivity contribution in [3.05, 3.63) is 104 Å². The molecule has 228 valence electrons. The third-order valence-corrected chi connectivity index (χ3v) is 9.39. The summed E-state index contributed by atoms with van der Waals surface area (Å²) in [6.45, 7) is 2.82. The lowest BCUT2D eigenvalue weighted by molar-refractivity contribution is -0.138. The van der Waals surface area contributed by atoms with E-state index in [2.05, 4.69) is 0 Å². The van der Waals surface area contributed by atoms with Crippen molar-refractivity contribution in [1.29, 1.82) is 0 Å². The lowest BCUT2D eigenvalue weighted by Crippen LogP contribution is -2.48. The number of halogens is 3. The monoisotopic (exact) mass is 629 g/mol. The maximum absolute atomic E-state index is 16.7. The largest absolute Gasteiger partial charge is 0.481 e. The van der Waals surface area contributed by atoms with Crippen molar-refractivity contribution in [2.45, 2.75) is 56.4 Å². The molecule has 1 amide bonds. The zero-order valence-corrected chi connectivity index (χ0v) is 25.5. The number of carbonyl (C=O) groups is 2. The Hall–Kier alpha value is -3.01. The molecule has 3 atom stereocenters. The van der Waals surface area contributed by atoms with Crippen LogP contribution >= 0.6 is 23.2 Å². The van der Waals surface area contributed by atoms with Crippen molar-refractivity contribution in [3.63, 3.8) is 0 Å². The summed E-state index contributed by atoms with van der Waals surface area (Å²) in [5.74, 6) is -2.50. The summed E-state index contributed by atoms with van der Waals surface area (Å²) in [7, 11) is 1.39. The first-order valence-corrected chi connectivity index (χ1v) is 15.1. The minimum absolute atomic E-state index is 0.00853. The number of benzene rings is 3. The van der Waals surface area contributed by atoms with E-state index in [1.807, 2.05) is 6.92 Å². The van der Waals surface area contributed by atoms with Crippen LogP contribution in [0.1, 0.15) is 77.7 Å². The van der Waals surface area contributed by atoms with Crippen molar-refractivity contribution < 1.29 is 33.7 Å². The van der Waals surface area contributed by atoms with Crippen LogP contribution in [0.5, 0.6) is 0 Å². The van der Waals surface area contributed by atoms with Gasteiger partial charge in [-0.15, -0.1) is 0 Å². The Morgan fingerprint density at radius 1 is 1.12 bits per heavy atom. The van der Waals surface area contributed by atoms with Crippen LogP contribution in [0.15, 0.2) is 60.7 Å². The number of rotatable bonds is 10. The average Bonchev–Trinajstić information content (AvgIpc) is 3.27. The standard InChI is InChI=1S/C33H34Cl2FNO6/c1-3-32(41,21-14-16-43-17-15-21)23-18-26-30(27(36)19-23)33(42-2,22-6-10-25(35)11-7-22)37(31(26)40)28(12-13-29(38)39)20-4-8-24(34)9-5-20/h4-11,18-19,21,28,41H,3,12-17H2,1-2H3,(H,38,39)/t28?,32?,33-/m1/s1. The SMILES string of the molecule is CCC(O)(c1cc(F)c2c(c1)C(=O)N(C(CCC(=O)O)c1ccc(Cl)cc1)[C@@]2(OC)c1ccc(Cl)cc1)C1CCOCC1. The summed E-state index contributed by atoms with van der Waals surface area (Å²) in [5.41, 5.74) is -1.78. The molecule has 0 aliphatic carbocycles. The zero-order chi connectivity index (χ0) is 30.9. The molecule has 0 spiro atoms. The molecule has 3 aromatic carbocycles. The van der Waals surface area contributed by atoms with Gasteiger partial charge in [0.15, 0.2) is 5.72 Å². The lowest BCUT2D eigenvalue weighted by Gasteiger charge is -2.43. The highest BCUT2D eigenvalue weighted by Crippen LogP contribution is 2.52. The van der Waals surface area contributed by atoms with Crippen LogP contribution in [-0.2, 0) is 25.6 Å². The molecule has 0 radical (unpaired) electrons. The van der Waals surface area contributed by atoms with Crippen LogP contribution in [0.25, 0.3) is 0 Å². The van der Waals surface area contributed by atoms with Gasteiger partial charge < -0.3 is 19.7 Å². The van der Waals surface area contributed by atoms with Crippen LogP contribution in [0.4, 0.5) is 4.39 Å². The summed E-state index contributed by atoms with van der Waals surface area (Å²) < 4.78 is 28.4. The molecule has 7 nitrogen and oxygen atoms in total. The first-order valence-electron chi connectivity index (χ1n) is 14.3. The van der Waals surface area contributed by atoms with E-state index >= 15 is 4.39 Å². The predicted molar refractivity (Wildman–Crippen MR) is 161 cm³/mol. The normalized spacial score (nSPS) is 21.0. The topological polar surface area (TPSA) is 96.3 Å². The van der Waals surface area contributed by atoms with Gasteiger partial charge in [0.25, 0.3) is 5.91 Å². The molecular weight excluding hydrogens is 596 g/mol. The Balaban J connectivity index is 1.75. The van der Waals surface area contributed by atoms with Crippen LogP contribution in [0.3, 0.4) is 0 Å². The summed E-state index contributed by atoms with van der Waals surface area (Å²) >= 11 is 12.4. The van der Waals surface area contributed by atoms with Gasteiger partial charge in [-0.3, -0.25) is 14.5 Å². The highest BCUT2D eigenvalue weighted by molar-refractivity contribution is 6.30. The molecule has 2 aliphatic heterocycles. The number of hydrogen-bond donors (Lipinski definition) is 2. The maximum Gasteiger partial charge on any atom is 0.303 e. The van der Waals surface area contributed by atoms with Gasteiger partial charge in [0, 0.05) is 42.4 Å². The second kappa shape index (κ2) is 12.5. The van der Waals surface area contributed by atoms with E-state index < -0.39 is 35.1 Å². The summed E-state index contributed by atoms with van der Waals surface area (Å²) in [6, 6.07) is 15.3. The highest BCUT2D eigenvalue weighted by Gasteiger charge is 2.57. The molecule has 2 unspecified atom stereocenters. The number of hydrogen-bond acceptors (Lipinski definition) is 5. The Morgan fingerprint density at radius 2 is 1.72 bits per heavy atom. The fourth-order valence-electron chi connectivity index (χ4n) is 6.70. The van der Waals surface area contributed by atoms with Crippen molar-refractivity contribution >= 4 is 35.1 Å². The van der Waals surface area contributed by atoms with E-state index in [0.717, 1.165) is 0 Å². The van der Waals surface area contributed by atoms with E-state index in [-0.39, 0.29) is 29.9 Å². The van der Waals surface area contributed by atoms with E-state index in [1.54, 1.807) is 54.6 Å². The quantitative estimate of drug-likeness (QED) is 0.249. The van der Waals surface area contributed by atoms with Crippen molar-refractivity contribution in [3.8, 4) is 0 Å². The molecule has 1 fully saturated rings. The van der Waals surface area contributed by atoms with E-state index in [0.29, 0.717) is 59.2 Å². The fraction of sp³-hybridized carbons (Fsp3) is 0.394.